The number of hydrogen-bond acceptors (Lipinski definition) is 6. The fourth-order valence-corrected chi connectivity index (χ4v) is 3.98. The van der Waals surface area contributed by atoms with Crippen LogP contribution < -0.4 is 23.8 Å². The fraction of sp³-hybridized carbons (Fsp3) is 0.250. The Morgan fingerprint density at radius 1 is 1.03 bits per heavy atom. The Labute approximate surface area is 170 Å². The SMILES string of the molecule is C=CCNC(=O)CN(c1ccc(OC)cc1)S(=O)(=O)c1ccc(OC)c(OC)c1. The maximum absolute atomic E-state index is 13.4. The summed E-state index contributed by atoms with van der Waals surface area (Å²) in [6, 6.07) is 10.6. The first-order valence-corrected chi connectivity index (χ1v) is 10.1. The monoisotopic (exact) mass is 420 g/mol. The first-order valence-electron chi connectivity index (χ1n) is 8.63. The van der Waals surface area contributed by atoms with Crippen molar-refractivity contribution in [1.82, 2.24) is 5.32 Å². The molecule has 8 nitrogen and oxygen atoms in total. The molecule has 0 aliphatic carbocycles. The number of nitrogens with one attached hydrogen (secondary N) is 1. The van der Waals surface area contributed by atoms with Crippen molar-refractivity contribution in [2.24, 2.45) is 0 Å². The number of hydrogen-bond donors (Lipinski definition) is 1. The van der Waals surface area contributed by atoms with Crippen molar-refractivity contribution in [3.63, 3.8) is 0 Å². The zero-order valence-corrected chi connectivity index (χ0v) is 17.4. The van der Waals surface area contributed by atoms with Crippen LogP contribution in [0.25, 0.3) is 0 Å². The van der Waals surface area contributed by atoms with Gasteiger partial charge in [-0.05, 0) is 36.4 Å². The average Bonchev–Trinajstić information content (AvgIpc) is 2.75. The Kier molecular flexibility index (Phi) is 7.49. The van der Waals surface area contributed by atoms with E-state index in [2.05, 4.69) is 11.9 Å². The molecule has 0 heterocycles. The standard InChI is InChI=1S/C20H24N2O6S/c1-5-12-21-20(23)14-22(15-6-8-16(26-2)9-7-15)29(24,25)17-10-11-18(27-3)19(13-17)28-4/h5-11,13H,1,12,14H2,2-4H3,(H,21,23). The molecular weight excluding hydrogens is 396 g/mol. The lowest BCUT2D eigenvalue weighted by Gasteiger charge is -2.24. The van der Waals surface area contributed by atoms with Gasteiger partial charge in [-0.3, -0.25) is 9.10 Å². The van der Waals surface area contributed by atoms with Gasteiger partial charge in [0.25, 0.3) is 10.0 Å². The van der Waals surface area contributed by atoms with Gasteiger partial charge in [0, 0.05) is 12.6 Å². The minimum atomic E-state index is -4.08. The highest BCUT2D eigenvalue weighted by Crippen LogP contribution is 2.32. The number of amides is 1. The van der Waals surface area contributed by atoms with Gasteiger partial charge in [0.05, 0.1) is 31.9 Å². The Morgan fingerprint density at radius 2 is 1.69 bits per heavy atom. The van der Waals surface area contributed by atoms with E-state index in [1.807, 2.05) is 0 Å². The smallest absolute Gasteiger partial charge is 0.264 e. The van der Waals surface area contributed by atoms with Crippen LogP contribution in [0.4, 0.5) is 5.69 Å². The van der Waals surface area contributed by atoms with Crippen LogP contribution in [0.15, 0.2) is 60.0 Å². The summed E-state index contributed by atoms with van der Waals surface area (Å²) in [5, 5.41) is 2.59. The molecule has 0 saturated carbocycles. The van der Waals surface area contributed by atoms with Crippen molar-refractivity contribution in [2.45, 2.75) is 4.90 Å². The van der Waals surface area contributed by atoms with E-state index >= 15 is 0 Å². The number of sulfonamides is 1. The Morgan fingerprint density at radius 3 is 2.24 bits per heavy atom. The molecule has 0 aliphatic heterocycles. The minimum Gasteiger partial charge on any atom is -0.497 e. The van der Waals surface area contributed by atoms with E-state index < -0.39 is 22.5 Å². The van der Waals surface area contributed by atoms with E-state index in [1.165, 1.54) is 45.6 Å². The summed E-state index contributed by atoms with van der Waals surface area (Å²) in [5.41, 5.74) is 0.314. The van der Waals surface area contributed by atoms with Crippen molar-refractivity contribution < 1.29 is 27.4 Å². The molecule has 0 aromatic heterocycles. The summed E-state index contributed by atoms with van der Waals surface area (Å²) in [6.45, 7) is 3.36. The van der Waals surface area contributed by atoms with Crippen LogP contribution in [0.1, 0.15) is 0 Å². The van der Waals surface area contributed by atoms with Crippen LogP contribution in [0.3, 0.4) is 0 Å². The molecule has 0 spiro atoms. The molecule has 0 atom stereocenters. The third kappa shape index (κ3) is 5.20. The van der Waals surface area contributed by atoms with Crippen LogP contribution in [0, 0.1) is 0 Å². The zero-order chi connectivity index (χ0) is 21.4. The zero-order valence-electron chi connectivity index (χ0n) is 16.5. The van der Waals surface area contributed by atoms with Crippen molar-refractivity contribution in [3.05, 3.63) is 55.1 Å². The van der Waals surface area contributed by atoms with E-state index in [1.54, 1.807) is 24.3 Å². The second-order valence-corrected chi connectivity index (χ2v) is 7.68. The normalized spacial score (nSPS) is 10.7. The van der Waals surface area contributed by atoms with Gasteiger partial charge in [0.1, 0.15) is 12.3 Å². The molecule has 0 bridgehead atoms. The van der Waals surface area contributed by atoms with Crippen molar-refractivity contribution in [3.8, 4) is 17.2 Å². The van der Waals surface area contributed by atoms with Gasteiger partial charge in [0.15, 0.2) is 11.5 Å². The van der Waals surface area contributed by atoms with Crippen molar-refractivity contribution >= 4 is 21.6 Å². The first-order chi connectivity index (χ1) is 13.9. The number of nitrogens with zero attached hydrogens (tertiary/aromatic N) is 1. The van der Waals surface area contributed by atoms with Crippen LogP contribution in [0.2, 0.25) is 0 Å². The molecule has 29 heavy (non-hydrogen) atoms. The number of methoxy groups -OCH3 is 3. The lowest BCUT2D eigenvalue weighted by molar-refractivity contribution is -0.119. The molecular formula is C20H24N2O6S. The average molecular weight is 420 g/mol. The van der Waals surface area contributed by atoms with Gasteiger partial charge >= 0.3 is 0 Å². The van der Waals surface area contributed by atoms with Gasteiger partial charge in [-0.25, -0.2) is 8.42 Å². The maximum atomic E-state index is 13.4. The number of anilines is 1. The highest BCUT2D eigenvalue weighted by molar-refractivity contribution is 7.92. The lowest BCUT2D eigenvalue weighted by Crippen LogP contribution is -2.40. The highest BCUT2D eigenvalue weighted by Gasteiger charge is 2.28. The quantitative estimate of drug-likeness (QED) is 0.593. The van der Waals surface area contributed by atoms with Crippen molar-refractivity contribution in [2.75, 3.05) is 38.7 Å². The van der Waals surface area contributed by atoms with Gasteiger partial charge in [0.2, 0.25) is 5.91 Å². The Balaban J connectivity index is 2.49. The van der Waals surface area contributed by atoms with Gasteiger partial charge in [-0.1, -0.05) is 6.08 Å². The number of carbonyl (C=O) groups excluding carboxylic acids is 1. The molecule has 1 amide bonds. The van der Waals surface area contributed by atoms with E-state index in [0.717, 1.165) is 4.31 Å². The number of benzene rings is 2. The third-order valence-electron chi connectivity index (χ3n) is 4.03. The van der Waals surface area contributed by atoms with Gasteiger partial charge in [-0.2, -0.15) is 0 Å². The molecule has 0 aliphatic rings. The molecule has 0 radical (unpaired) electrons. The molecule has 2 aromatic carbocycles. The number of ether oxygens (including phenoxy) is 3. The Bertz CT molecular complexity index is 957. The minimum absolute atomic E-state index is 0.0394. The third-order valence-corrected chi connectivity index (χ3v) is 5.80. The summed E-state index contributed by atoms with van der Waals surface area (Å²) in [7, 11) is 0.302. The summed E-state index contributed by atoms with van der Waals surface area (Å²) >= 11 is 0. The van der Waals surface area contributed by atoms with Crippen molar-refractivity contribution in [1.29, 1.82) is 0 Å². The molecule has 1 N–H and O–H groups in total. The summed E-state index contributed by atoms with van der Waals surface area (Å²) in [5.74, 6) is 0.753. The maximum Gasteiger partial charge on any atom is 0.264 e. The highest BCUT2D eigenvalue weighted by atomic mass is 32.2. The molecule has 2 rings (SSSR count). The number of carbonyl (C=O) groups is 1. The molecule has 9 heteroatoms. The molecule has 156 valence electrons. The predicted octanol–water partition coefficient (Wildman–Crippen LogP) is 2.21. The van der Waals surface area contributed by atoms with E-state index in [-0.39, 0.29) is 17.2 Å². The topological polar surface area (TPSA) is 94.2 Å². The van der Waals surface area contributed by atoms with Crippen LogP contribution >= 0.6 is 0 Å². The van der Waals surface area contributed by atoms with Gasteiger partial charge < -0.3 is 19.5 Å². The van der Waals surface area contributed by atoms with Gasteiger partial charge in [-0.15, -0.1) is 6.58 Å². The van der Waals surface area contributed by atoms with Crippen LogP contribution in [-0.2, 0) is 14.8 Å². The largest absolute Gasteiger partial charge is 0.497 e. The molecule has 2 aromatic rings. The van der Waals surface area contributed by atoms with E-state index in [0.29, 0.717) is 17.2 Å². The summed E-state index contributed by atoms with van der Waals surface area (Å²) in [6.07, 6.45) is 1.51. The van der Waals surface area contributed by atoms with Crippen LogP contribution in [-0.4, -0.2) is 48.7 Å². The van der Waals surface area contributed by atoms with E-state index in [9.17, 15) is 13.2 Å². The second kappa shape index (κ2) is 9.83. The molecule has 0 fully saturated rings. The number of rotatable bonds is 10. The summed E-state index contributed by atoms with van der Waals surface area (Å²) < 4.78 is 43.2. The lowest BCUT2D eigenvalue weighted by atomic mass is 10.3. The fourth-order valence-electron chi connectivity index (χ4n) is 2.54. The summed E-state index contributed by atoms with van der Waals surface area (Å²) in [4.78, 5) is 12.2. The molecule has 0 unspecified atom stereocenters. The van der Waals surface area contributed by atoms with Crippen LogP contribution in [0.5, 0.6) is 17.2 Å². The first kappa shape index (κ1) is 22.1. The predicted molar refractivity (Wildman–Crippen MR) is 110 cm³/mol. The Hall–Kier alpha value is -3.20. The molecule has 0 saturated heterocycles. The van der Waals surface area contributed by atoms with E-state index in [4.69, 9.17) is 14.2 Å². The second-order valence-electron chi connectivity index (χ2n) is 5.82.